The Morgan fingerprint density at radius 3 is 1.85 bits per heavy atom. The van der Waals surface area contributed by atoms with Gasteiger partial charge in [-0.25, -0.2) is 8.42 Å². The Kier molecular flexibility index (Phi) is 8.62. The summed E-state index contributed by atoms with van der Waals surface area (Å²) >= 11 is 0. The highest BCUT2D eigenvalue weighted by Gasteiger charge is 2.31. The van der Waals surface area contributed by atoms with Crippen molar-refractivity contribution >= 4 is 15.9 Å². The Morgan fingerprint density at radius 2 is 1.38 bits per heavy atom. The Morgan fingerprint density at radius 1 is 0.853 bits per heavy atom. The van der Waals surface area contributed by atoms with Gasteiger partial charge in [0.1, 0.15) is 5.75 Å². The monoisotopic (exact) mass is 492 g/mol. The summed E-state index contributed by atoms with van der Waals surface area (Å²) < 4.78 is 49.6. The summed E-state index contributed by atoms with van der Waals surface area (Å²) in [6, 6.07) is 9.58. The molecule has 34 heavy (non-hydrogen) atoms. The van der Waals surface area contributed by atoms with Gasteiger partial charge in [0, 0.05) is 31.7 Å². The molecular formula is C24H32N2O7S. The van der Waals surface area contributed by atoms with Crippen LogP contribution in [0.4, 0.5) is 0 Å². The van der Waals surface area contributed by atoms with Crippen molar-refractivity contribution in [2.75, 3.05) is 53.1 Å². The quantitative estimate of drug-likeness (QED) is 0.503. The second kappa shape index (κ2) is 11.4. The fourth-order valence-electron chi connectivity index (χ4n) is 3.72. The van der Waals surface area contributed by atoms with Crippen LogP contribution in [0.1, 0.15) is 31.1 Å². The highest BCUT2D eigenvalue weighted by molar-refractivity contribution is 7.89. The first-order valence-electron chi connectivity index (χ1n) is 11.4. The summed E-state index contributed by atoms with van der Waals surface area (Å²) in [5.74, 6) is 1.73. The fraction of sp³-hybridized carbons (Fsp3) is 0.458. The lowest BCUT2D eigenvalue weighted by Gasteiger charge is -2.34. The molecule has 2 aromatic rings. The Balaban J connectivity index is 1.76. The van der Waals surface area contributed by atoms with Gasteiger partial charge in [0.2, 0.25) is 15.8 Å². The van der Waals surface area contributed by atoms with Crippen LogP contribution in [0, 0.1) is 0 Å². The summed E-state index contributed by atoms with van der Waals surface area (Å²) in [6.07, 6.45) is 0. The third-order valence-electron chi connectivity index (χ3n) is 5.38. The zero-order chi connectivity index (χ0) is 24.7. The molecular weight excluding hydrogens is 460 g/mol. The molecule has 0 saturated carbocycles. The van der Waals surface area contributed by atoms with Crippen LogP contribution < -0.4 is 18.9 Å². The van der Waals surface area contributed by atoms with E-state index in [2.05, 4.69) is 0 Å². The van der Waals surface area contributed by atoms with Gasteiger partial charge in [-0.15, -0.1) is 0 Å². The molecule has 0 aliphatic carbocycles. The van der Waals surface area contributed by atoms with Crippen LogP contribution in [0.15, 0.2) is 41.3 Å². The van der Waals surface area contributed by atoms with Crippen LogP contribution >= 0.6 is 0 Å². The van der Waals surface area contributed by atoms with Gasteiger partial charge in [-0.05, 0) is 57.2 Å². The van der Waals surface area contributed by atoms with E-state index in [1.807, 2.05) is 20.8 Å². The number of rotatable bonds is 10. The molecule has 0 radical (unpaired) electrons. The number of nitrogens with zero attached hydrogens (tertiary/aromatic N) is 2. The number of carbonyl (C=O) groups excluding carboxylic acids is 1. The Bertz CT molecular complexity index is 1050. The zero-order valence-corrected chi connectivity index (χ0v) is 20.9. The number of hydrogen-bond donors (Lipinski definition) is 0. The highest BCUT2D eigenvalue weighted by atomic mass is 32.2. The molecule has 1 amide bonds. The number of piperazine rings is 1. The minimum atomic E-state index is -3.66. The molecule has 10 heteroatoms. The third kappa shape index (κ3) is 5.56. The van der Waals surface area contributed by atoms with Gasteiger partial charge >= 0.3 is 0 Å². The lowest BCUT2D eigenvalue weighted by Crippen LogP contribution is -2.50. The van der Waals surface area contributed by atoms with Crippen molar-refractivity contribution in [1.82, 2.24) is 9.21 Å². The minimum Gasteiger partial charge on any atom is -0.497 e. The fourth-order valence-corrected chi connectivity index (χ4v) is 5.15. The van der Waals surface area contributed by atoms with Crippen LogP contribution in [-0.4, -0.2) is 76.6 Å². The predicted octanol–water partition coefficient (Wildman–Crippen LogP) is 3.04. The molecule has 1 aliphatic rings. The van der Waals surface area contributed by atoms with E-state index in [0.717, 1.165) is 0 Å². The van der Waals surface area contributed by atoms with Crippen molar-refractivity contribution < 1.29 is 32.2 Å². The molecule has 0 spiro atoms. The molecule has 0 atom stereocenters. The molecule has 9 nitrogen and oxygen atoms in total. The standard InChI is InChI=1S/C24H32N2O7S/c1-5-31-21-16-18(17-22(32-6-2)23(21)33-7-3)24(27)25-12-14-26(15-13-25)34(28,29)20-10-8-19(30-4)9-11-20/h8-11,16-17H,5-7,12-15H2,1-4H3. The van der Waals surface area contributed by atoms with Crippen molar-refractivity contribution in [2.45, 2.75) is 25.7 Å². The molecule has 2 aromatic carbocycles. The first kappa shape index (κ1) is 25.6. The Hall–Kier alpha value is -2.98. The molecule has 1 heterocycles. The largest absolute Gasteiger partial charge is 0.497 e. The summed E-state index contributed by atoms with van der Waals surface area (Å²) in [5.41, 5.74) is 0.404. The van der Waals surface area contributed by atoms with Gasteiger partial charge in [0.05, 0.1) is 31.8 Å². The molecule has 186 valence electrons. The van der Waals surface area contributed by atoms with E-state index in [4.69, 9.17) is 18.9 Å². The van der Waals surface area contributed by atoms with Crippen molar-refractivity contribution in [2.24, 2.45) is 0 Å². The number of ether oxygens (including phenoxy) is 4. The maximum absolute atomic E-state index is 13.3. The summed E-state index contributed by atoms with van der Waals surface area (Å²) in [4.78, 5) is 15.1. The van der Waals surface area contributed by atoms with Crippen LogP contribution in [0.25, 0.3) is 0 Å². The molecule has 1 fully saturated rings. The number of benzene rings is 2. The summed E-state index contributed by atoms with van der Waals surface area (Å²) in [6.45, 7) is 7.77. The third-order valence-corrected chi connectivity index (χ3v) is 7.29. The lowest BCUT2D eigenvalue weighted by atomic mass is 10.1. The SMILES string of the molecule is CCOc1cc(C(=O)N2CCN(S(=O)(=O)c3ccc(OC)cc3)CC2)cc(OCC)c1OCC. The van der Waals surface area contributed by atoms with Crippen LogP contribution in [-0.2, 0) is 10.0 Å². The smallest absolute Gasteiger partial charge is 0.254 e. The second-order valence-corrected chi connectivity index (χ2v) is 9.41. The van der Waals surface area contributed by atoms with E-state index in [1.165, 1.54) is 23.5 Å². The number of carbonyl (C=O) groups is 1. The number of sulfonamides is 1. The van der Waals surface area contributed by atoms with Gasteiger partial charge in [0.25, 0.3) is 5.91 Å². The molecule has 0 N–H and O–H groups in total. The van der Waals surface area contributed by atoms with Crippen LogP contribution in [0.3, 0.4) is 0 Å². The maximum atomic E-state index is 13.3. The minimum absolute atomic E-state index is 0.197. The van der Waals surface area contributed by atoms with E-state index < -0.39 is 10.0 Å². The molecule has 1 aliphatic heterocycles. The number of hydrogen-bond acceptors (Lipinski definition) is 7. The first-order valence-corrected chi connectivity index (χ1v) is 12.8. The Labute approximate surface area is 201 Å². The van der Waals surface area contributed by atoms with E-state index in [9.17, 15) is 13.2 Å². The van der Waals surface area contributed by atoms with Gasteiger partial charge in [-0.2, -0.15) is 4.31 Å². The normalized spacial score (nSPS) is 14.5. The highest BCUT2D eigenvalue weighted by Crippen LogP contribution is 2.39. The van der Waals surface area contributed by atoms with Crippen LogP contribution in [0.2, 0.25) is 0 Å². The summed E-state index contributed by atoms with van der Waals surface area (Å²) in [5, 5.41) is 0. The molecule has 3 rings (SSSR count). The van der Waals surface area contributed by atoms with E-state index in [1.54, 1.807) is 29.2 Å². The molecule has 0 unspecified atom stereocenters. The van der Waals surface area contributed by atoms with Crippen molar-refractivity contribution in [1.29, 1.82) is 0 Å². The average Bonchev–Trinajstić information content (AvgIpc) is 2.85. The van der Waals surface area contributed by atoms with Gasteiger partial charge < -0.3 is 23.8 Å². The number of methoxy groups -OCH3 is 1. The van der Waals surface area contributed by atoms with E-state index in [-0.39, 0.29) is 37.0 Å². The van der Waals surface area contributed by atoms with Crippen LogP contribution in [0.5, 0.6) is 23.0 Å². The van der Waals surface area contributed by atoms with Gasteiger partial charge in [-0.3, -0.25) is 4.79 Å². The van der Waals surface area contributed by atoms with Crippen molar-refractivity contribution in [3.8, 4) is 23.0 Å². The lowest BCUT2D eigenvalue weighted by molar-refractivity contribution is 0.0696. The topological polar surface area (TPSA) is 94.6 Å². The van der Waals surface area contributed by atoms with E-state index >= 15 is 0 Å². The molecule has 1 saturated heterocycles. The second-order valence-electron chi connectivity index (χ2n) is 7.47. The zero-order valence-electron chi connectivity index (χ0n) is 20.1. The van der Waals surface area contributed by atoms with Crippen molar-refractivity contribution in [3.05, 3.63) is 42.0 Å². The van der Waals surface area contributed by atoms with Crippen molar-refractivity contribution in [3.63, 3.8) is 0 Å². The number of amides is 1. The average molecular weight is 493 g/mol. The molecule has 0 bridgehead atoms. The van der Waals surface area contributed by atoms with Gasteiger partial charge in [0.15, 0.2) is 11.5 Å². The predicted molar refractivity (Wildman–Crippen MR) is 128 cm³/mol. The maximum Gasteiger partial charge on any atom is 0.254 e. The van der Waals surface area contributed by atoms with Gasteiger partial charge in [-0.1, -0.05) is 0 Å². The van der Waals surface area contributed by atoms with E-state index in [0.29, 0.717) is 48.4 Å². The molecule has 0 aromatic heterocycles. The first-order chi connectivity index (χ1) is 16.3. The summed E-state index contributed by atoms with van der Waals surface area (Å²) in [7, 11) is -2.13.